The summed E-state index contributed by atoms with van der Waals surface area (Å²) in [6, 6.07) is -0.0837. The van der Waals surface area contributed by atoms with Gasteiger partial charge in [-0.2, -0.15) is 0 Å². The molecule has 4 heteroatoms. The largest absolute Gasteiger partial charge is 0.312 e. The van der Waals surface area contributed by atoms with Crippen LogP contribution in [0, 0.1) is 0 Å². The van der Waals surface area contributed by atoms with E-state index in [1.807, 2.05) is 0 Å². The zero-order valence-corrected chi connectivity index (χ0v) is 5.58. The molecule has 1 N–H and O–H groups in total. The van der Waals surface area contributed by atoms with E-state index in [1.165, 1.54) is 0 Å². The molecule has 0 saturated heterocycles. The van der Waals surface area contributed by atoms with E-state index in [4.69, 9.17) is 4.11 Å². The first-order chi connectivity index (χ1) is 6.09. The normalized spacial score (nSPS) is 14.6. The van der Waals surface area contributed by atoms with Crippen LogP contribution in [-0.2, 0) is 0 Å². The molecule has 0 aliphatic heterocycles. The number of nitrogens with one attached hydrogen (secondary N) is 1. The molecule has 0 atom stereocenters. The number of rotatable bonds is 0. The van der Waals surface area contributed by atoms with E-state index in [-0.39, 0.29) is 27.9 Å². The van der Waals surface area contributed by atoms with Gasteiger partial charge >= 0.3 is 0 Å². The number of thiophene rings is 1. The summed E-state index contributed by atoms with van der Waals surface area (Å²) in [6.07, 6.45) is -0.274. The molecule has 0 bridgehead atoms. The fourth-order valence-corrected chi connectivity index (χ4v) is 1.24. The second-order valence-corrected chi connectivity index (χ2v) is 2.50. The standard InChI is InChI=1S/C6H4N2OS/c9-6-5-4(1-2-10-5)7-3-8-6/h1-3H,(H,7,8,9)/i1D,2D,3D. The predicted octanol–water partition coefficient (Wildman–Crippen LogP) is 0.985. The zero-order chi connectivity index (χ0) is 9.59. The van der Waals surface area contributed by atoms with E-state index in [2.05, 4.69) is 9.97 Å². The first kappa shape index (κ1) is 3.30. The highest BCUT2D eigenvalue weighted by Crippen LogP contribution is 2.11. The Hall–Kier alpha value is -1.16. The van der Waals surface area contributed by atoms with Crippen molar-refractivity contribution in [3.63, 3.8) is 0 Å². The molecule has 2 aromatic rings. The minimum absolute atomic E-state index is 0.00130. The summed E-state index contributed by atoms with van der Waals surface area (Å²) >= 11 is 0.904. The number of fused-ring (bicyclic) bond motifs is 1. The van der Waals surface area contributed by atoms with Gasteiger partial charge in [0.05, 0.1) is 14.6 Å². The third kappa shape index (κ3) is 0.657. The molecule has 0 radical (unpaired) electrons. The van der Waals surface area contributed by atoms with Crippen LogP contribution in [-0.4, -0.2) is 9.97 Å². The highest BCUT2D eigenvalue weighted by Gasteiger charge is 1.97. The lowest BCUT2D eigenvalue weighted by molar-refractivity contribution is 1.18. The summed E-state index contributed by atoms with van der Waals surface area (Å²) in [4.78, 5) is 17.1. The van der Waals surface area contributed by atoms with Gasteiger partial charge < -0.3 is 4.98 Å². The first-order valence-electron chi connectivity index (χ1n) is 4.06. The van der Waals surface area contributed by atoms with Crippen LogP contribution in [0.3, 0.4) is 0 Å². The molecule has 0 aliphatic rings. The molecule has 0 fully saturated rings. The lowest BCUT2D eigenvalue weighted by Gasteiger charge is -1.82. The second kappa shape index (κ2) is 1.91. The molecule has 0 aliphatic carbocycles. The monoisotopic (exact) mass is 155 g/mol. The molecule has 0 aromatic carbocycles. The topological polar surface area (TPSA) is 45.8 Å². The fraction of sp³-hybridized carbons (Fsp3) is 0. The number of aromatic nitrogens is 2. The molecule has 2 aromatic heterocycles. The van der Waals surface area contributed by atoms with Crippen molar-refractivity contribution in [3.05, 3.63) is 28.1 Å². The maximum atomic E-state index is 11.2. The van der Waals surface area contributed by atoms with Crippen LogP contribution in [0.4, 0.5) is 0 Å². The molecule has 10 heavy (non-hydrogen) atoms. The SMILES string of the molecule is [2H]c1nc2c([2H])c([2H])sc2c(=O)[nH]1. The molecular weight excluding hydrogens is 148 g/mol. The maximum Gasteiger partial charge on any atom is 0.268 e. The highest BCUT2D eigenvalue weighted by atomic mass is 32.1. The minimum Gasteiger partial charge on any atom is -0.312 e. The lowest BCUT2D eigenvalue weighted by Crippen LogP contribution is -2.02. The van der Waals surface area contributed by atoms with Crippen molar-refractivity contribution >= 4 is 21.6 Å². The van der Waals surface area contributed by atoms with Crippen molar-refractivity contribution < 1.29 is 4.11 Å². The Morgan fingerprint density at radius 2 is 2.70 bits per heavy atom. The summed E-state index contributed by atoms with van der Waals surface area (Å²) in [7, 11) is 0. The van der Waals surface area contributed by atoms with Crippen LogP contribution >= 0.6 is 11.3 Å². The van der Waals surface area contributed by atoms with E-state index in [9.17, 15) is 4.79 Å². The molecule has 3 nitrogen and oxygen atoms in total. The van der Waals surface area contributed by atoms with Gasteiger partial charge in [0, 0.05) is 0 Å². The summed E-state index contributed by atoms with van der Waals surface area (Å²) in [5.41, 5.74) is -0.309. The summed E-state index contributed by atoms with van der Waals surface area (Å²) in [5, 5.41) is -0.00130. The fourth-order valence-electron chi connectivity index (χ4n) is 0.654. The molecular formula is C6H4N2OS. The van der Waals surface area contributed by atoms with Crippen molar-refractivity contribution in [1.82, 2.24) is 9.97 Å². The van der Waals surface area contributed by atoms with E-state index in [0.29, 0.717) is 0 Å². The molecule has 0 amide bonds. The van der Waals surface area contributed by atoms with Crippen LogP contribution < -0.4 is 5.56 Å². The number of nitrogens with zero attached hydrogens (tertiary/aromatic N) is 1. The zero-order valence-electron chi connectivity index (χ0n) is 7.76. The van der Waals surface area contributed by atoms with Crippen LogP contribution in [0.2, 0.25) is 0 Å². The van der Waals surface area contributed by atoms with Crippen molar-refractivity contribution in [3.8, 4) is 0 Å². The molecule has 0 spiro atoms. The van der Waals surface area contributed by atoms with Crippen LogP contribution in [0.25, 0.3) is 10.2 Å². The van der Waals surface area contributed by atoms with Crippen molar-refractivity contribution in [2.24, 2.45) is 0 Å². The van der Waals surface area contributed by atoms with Gasteiger partial charge in [-0.05, 0) is 11.4 Å². The number of aromatic amines is 1. The Kier molecular flexibility index (Phi) is 0.631. The van der Waals surface area contributed by atoms with Gasteiger partial charge in [0.1, 0.15) is 6.07 Å². The Balaban J connectivity index is 3.03. The van der Waals surface area contributed by atoms with Gasteiger partial charge in [-0.3, -0.25) is 4.79 Å². The quantitative estimate of drug-likeness (QED) is 0.616. The van der Waals surface area contributed by atoms with Crippen LogP contribution in [0.15, 0.2) is 22.5 Å². The smallest absolute Gasteiger partial charge is 0.268 e. The van der Waals surface area contributed by atoms with Crippen molar-refractivity contribution in [2.75, 3.05) is 0 Å². The predicted molar refractivity (Wildman–Crippen MR) is 40.2 cm³/mol. The van der Waals surface area contributed by atoms with Gasteiger partial charge in [0.15, 0.2) is 0 Å². The average molecular weight is 155 g/mol. The Labute approximate surface area is 64.6 Å². The Morgan fingerprint density at radius 1 is 1.80 bits per heavy atom. The summed E-state index contributed by atoms with van der Waals surface area (Å²) < 4.78 is 22.0. The molecule has 50 valence electrons. The highest BCUT2D eigenvalue weighted by molar-refractivity contribution is 7.17. The van der Waals surface area contributed by atoms with Crippen LogP contribution in [0.5, 0.6) is 0 Å². The van der Waals surface area contributed by atoms with Crippen molar-refractivity contribution in [1.29, 1.82) is 0 Å². The second-order valence-electron chi connectivity index (χ2n) is 1.68. The maximum absolute atomic E-state index is 11.2. The summed E-state index contributed by atoms with van der Waals surface area (Å²) in [5.74, 6) is 0. The molecule has 2 rings (SSSR count). The van der Waals surface area contributed by atoms with Gasteiger partial charge in [-0.15, -0.1) is 11.3 Å². The first-order valence-corrected chi connectivity index (χ1v) is 3.38. The average Bonchev–Trinajstić information content (AvgIpc) is 2.32. The number of hydrogen-bond donors (Lipinski definition) is 1. The van der Waals surface area contributed by atoms with Gasteiger partial charge in [-0.1, -0.05) is 0 Å². The molecule has 0 saturated carbocycles. The minimum atomic E-state index is -0.452. The Morgan fingerprint density at radius 3 is 3.60 bits per heavy atom. The van der Waals surface area contributed by atoms with Crippen molar-refractivity contribution in [2.45, 2.75) is 0 Å². The third-order valence-corrected chi connectivity index (χ3v) is 1.87. The van der Waals surface area contributed by atoms with E-state index in [0.717, 1.165) is 11.3 Å². The lowest BCUT2D eigenvalue weighted by atomic mass is 10.5. The van der Waals surface area contributed by atoms with E-state index in [1.54, 1.807) is 0 Å². The van der Waals surface area contributed by atoms with Gasteiger partial charge in [0.2, 0.25) is 0 Å². The number of H-pyrrole nitrogens is 1. The Bertz CT molecular complexity index is 532. The van der Waals surface area contributed by atoms with Gasteiger partial charge in [0.25, 0.3) is 5.56 Å². The van der Waals surface area contributed by atoms with E-state index >= 15 is 0 Å². The van der Waals surface area contributed by atoms with E-state index < -0.39 is 5.56 Å². The third-order valence-electron chi connectivity index (χ3n) is 1.08. The van der Waals surface area contributed by atoms with Gasteiger partial charge in [-0.25, -0.2) is 4.98 Å². The molecule has 0 unspecified atom stereocenters. The molecule has 2 heterocycles. The number of hydrogen-bond acceptors (Lipinski definition) is 3. The summed E-state index contributed by atoms with van der Waals surface area (Å²) in [6.45, 7) is 0. The van der Waals surface area contributed by atoms with Crippen LogP contribution in [0.1, 0.15) is 4.11 Å².